The van der Waals surface area contributed by atoms with Gasteiger partial charge in [-0.2, -0.15) is 4.37 Å². The van der Waals surface area contributed by atoms with Gasteiger partial charge in [0, 0.05) is 62.3 Å². The van der Waals surface area contributed by atoms with Crippen LogP contribution in [0, 0.1) is 6.92 Å². The van der Waals surface area contributed by atoms with Crippen molar-refractivity contribution < 1.29 is 0 Å². The number of rotatable bonds is 4. The average Bonchev–Trinajstić information content (AvgIpc) is 3.25. The van der Waals surface area contributed by atoms with Crippen LogP contribution in [0.15, 0.2) is 11.2 Å². The van der Waals surface area contributed by atoms with E-state index in [1.165, 1.54) is 16.4 Å². The number of aryl methyl sites for hydroxylation is 2. The van der Waals surface area contributed by atoms with Crippen molar-refractivity contribution in [1.82, 2.24) is 24.6 Å². The van der Waals surface area contributed by atoms with Crippen molar-refractivity contribution in [2.24, 2.45) is 4.99 Å². The summed E-state index contributed by atoms with van der Waals surface area (Å²) in [5.74, 6) is 1.89. The van der Waals surface area contributed by atoms with Crippen molar-refractivity contribution in [1.29, 1.82) is 0 Å². The Morgan fingerprint density at radius 1 is 1.33 bits per heavy atom. The third kappa shape index (κ3) is 4.02. The molecule has 3 heterocycles. The van der Waals surface area contributed by atoms with Gasteiger partial charge in [-0.1, -0.05) is 6.92 Å². The van der Waals surface area contributed by atoms with E-state index in [1.807, 2.05) is 20.2 Å². The molecule has 0 spiro atoms. The topological polar surface area (TPSA) is 69.5 Å². The molecule has 0 saturated carbocycles. The first-order valence-corrected chi connectivity index (χ1v) is 9.73. The van der Waals surface area contributed by atoms with Gasteiger partial charge in [0.1, 0.15) is 5.82 Å². The second-order valence-corrected chi connectivity index (χ2v) is 7.62. The van der Waals surface area contributed by atoms with E-state index in [2.05, 4.69) is 41.4 Å². The van der Waals surface area contributed by atoms with Gasteiger partial charge in [0.2, 0.25) is 5.13 Å². The van der Waals surface area contributed by atoms with Crippen LogP contribution in [0.3, 0.4) is 0 Å². The molecule has 0 bridgehead atoms. The van der Waals surface area contributed by atoms with Crippen molar-refractivity contribution in [2.45, 2.75) is 26.8 Å². The molecule has 2 aromatic rings. The van der Waals surface area contributed by atoms with Gasteiger partial charge in [-0.3, -0.25) is 4.99 Å². The molecule has 24 heavy (non-hydrogen) atoms. The van der Waals surface area contributed by atoms with Crippen molar-refractivity contribution in [2.75, 3.05) is 38.1 Å². The van der Waals surface area contributed by atoms with Gasteiger partial charge in [0.15, 0.2) is 5.96 Å². The lowest BCUT2D eigenvalue weighted by Crippen LogP contribution is -2.52. The predicted octanol–water partition coefficient (Wildman–Crippen LogP) is 1.76. The first kappa shape index (κ1) is 17.1. The molecule has 0 amide bonds. The molecule has 1 saturated heterocycles. The van der Waals surface area contributed by atoms with E-state index in [0.29, 0.717) is 0 Å². The smallest absolute Gasteiger partial charge is 0.205 e. The first-order chi connectivity index (χ1) is 11.7. The highest BCUT2D eigenvalue weighted by Crippen LogP contribution is 2.19. The minimum absolute atomic E-state index is 0.772. The number of aromatic nitrogens is 3. The summed E-state index contributed by atoms with van der Waals surface area (Å²) in [5, 5.41) is 5.57. The molecule has 2 aromatic heterocycles. The zero-order chi connectivity index (χ0) is 16.9. The summed E-state index contributed by atoms with van der Waals surface area (Å²) in [6.07, 6.45) is 2.82. The molecular weight excluding hydrogens is 342 g/mol. The lowest BCUT2D eigenvalue weighted by Gasteiger charge is -2.36. The van der Waals surface area contributed by atoms with Crippen LogP contribution in [-0.4, -0.2) is 58.4 Å². The fraction of sp³-hybridized carbons (Fsp3) is 0.600. The number of thiazole rings is 1. The van der Waals surface area contributed by atoms with Crippen LogP contribution in [0.2, 0.25) is 0 Å². The lowest BCUT2D eigenvalue weighted by atomic mass is 10.3. The van der Waals surface area contributed by atoms with Crippen LogP contribution in [0.5, 0.6) is 0 Å². The minimum atomic E-state index is 0.772. The first-order valence-electron chi connectivity index (χ1n) is 8.14. The number of guanidine groups is 1. The van der Waals surface area contributed by atoms with E-state index in [4.69, 9.17) is 0 Å². The predicted molar refractivity (Wildman–Crippen MR) is 100 cm³/mol. The zero-order valence-electron chi connectivity index (χ0n) is 14.3. The summed E-state index contributed by atoms with van der Waals surface area (Å²) in [4.78, 5) is 19.1. The molecule has 1 aliphatic rings. The maximum Gasteiger partial charge on any atom is 0.205 e. The average molecular weight is 366 g/mol. The summed E-state index contributed by atoms with van der Waals surface area (Å²) in [5.41, 5.74) is 0. The Balaban J connectivity index is 1.52. The van der Waals surface area contributed by atoms with Crippen molar-refractivity contribution in [3.63, 3.8) is 0 Å². The number of nitrogens with zero attached hydrogens (tertiary/aromatic N) is 6. The summed E-state index contributed by atoms with van der Waals surface area (Å²) in [7, 11) is 1.84. The number of nitrogens with one attached hydrogen (secondary N) is 1. The van der Waals surface area contributed by atoms with Gasteiger partial charge in [0.25, 0.3) is 0 Å². The van der Waals surface area contributed by atoms with E-state index in [9.17, 15) is 0 Å². The van der Waals surface area contributed by atoms with Gasteiger partial charge in [-0.15, -0.1) is 11.3 Å². The van der Waals surface area contributed by atoms with E-state index in [-0.39, 0.29) is 0 Å². The maximum absolute atomic E-state index is 4.58. The molecule has 9 heteroatoms. The van der Waals surface area contributed by atoms with Gasteiger partial charge in [0.05, 0.1) is 11.6 Å². The molecule has 3 rings (SSSR count). The third-order valence-electron chi connectivity index (χ3n) is 3.93. The second-order valence-electron chi connectivity index (χ2n) is 5.57. The Labute approximate surface area is 150 Å². The quantitative estimate of drug-likeness (QED) is 0.658. The zero-order valence-corrected chi connectivity index (χ0v) is 16.0. The molecule has 0 unspecified atom stereocenters. The monoisotopic (exact) mass is 365 g/mol. The highest BCUT2D eigenvalue weighted by molar-refractivity contribution is 7.11. The van der Waals surface area contributed by atoms with E-state index >= 15 is 0 Å². The summed E-state index contributed by atoms with van der Waals surface area (Å²) in [6, 6.07) is 0. The Morgan fingerprint density at radius 3 is 2.71 bits per heavy atom. The number of aliphatic imine (C=N–C) groups is 1. The molecule has 0 radical (unpaired) electrons. The van der Waals surface area contributed by atoms with E-state index < -0.39 is 0 Å². The number of piperazine rings is 1. The van der Waals surface area contributed by atoms with Crippen LogP contribution in [0.25, 0.3) is 0 Å². The molecular formula is C15H23N7S2. The highest BCUT2D eigenvalue weighted by Gasteiger charge is 2.22. The van der Waals surface area contributed by atoms with Gasteiger partial charge < -0.3 is 15.1 Å². The number of hydrogen-bond donors (Lipinski definition) is 1. The van der Waals surface area contributed by atoms with Crippen LogP contribution in [0.4, 0.5) is 5.13 Å². The van der Waals surface area contributed by atoms with Gasteiger partial charge >= 0.3 is 0 Å². The largest absolute Gasteiger partial charge is 0.351 e. The van der Waals surface area contributed by atoms with Crippen molar-refractivity contribution in [3.8, 4) is 0 Å². The highest BCUT2D eigenvalue weighted by atomic mass is 32.1. The number of anilines is 1. The normalized spacial score (nSPS) is 15.9. The summed E-state index contributed by atoms with van der Waals surface area (Å²) in [6.45, 7) is 8.64. The Kier molecular flexibility index (Phi) is 5.62. The molecule has 1 aliphatic heterocycles. The fourth-order valence-corrected chi connectivity index (χ4v) is 4.15. The van der Waals surface area contributed by atoms with Gasteiger partial charge in [-0.05, 0) is 6.92 Å². The molecule has 130 valence electrons. The summed E-state index contributed by atoms with van der Waals surface area (Å²) >= 11 is 3.22. The number of hydrogen-bond acceptors (Lipinski definition) is 7. The third-order valence-corrected chi connectivity index (χ3v) is 5.65. The van der Waals surface area contributed by atoms with E-state index in [1.54, 1.807) is 11.3 Å². The maximum atomic E-state index is 4.58. The van der Waals surface area contributed by atoms with Crippen LogP contribution in [0.1, 0.15) is 22.6 Å². The molecule has 7 nitrogen and oxygen atoms in total. The summed E-state index contributed by atoms with van der Waals surface area (Å²) < 4.78 is 4.38. The fourth-order valence-electron chi connectivity index (χ4n) is 2.61. The molecule has 1 N–H and O–H groups in total. The van der Waals surface area contributed by atoms with Crippen LogP contribution < -0.4 is 10.2 Å². The Bertz CT molecular complexity index is 686. The lowest BCUT2D eigenvalue weighted by molar-refractivity contribution is 0.372. The van der Waals surface area contributed by atoms with Crippen molar-refractivity contribution in [3.05, 3.63) is 21.9 Å². The second kappa shape index (κ2) is 7.89. The standard InChI is InChI=1S/C15H23N7S2/c1-4-13-19-15(24-20-13)22-7-5-21(6-8-22)14(16-3)18-10-12-9-17-11(2)23-12/h9H,4-8,10H2,1-3H3,(H,16,18). The molecule has 0 aromatic carbocycles. The van der Waals surface area contributed by atoms with Crippen molar-refractivity contribution >= 4 is 34.0 Å². The van der Waals surface area contributed by atoms with E-state index in [0.717, 1.165) is 61.1 Å². The van der Waals surface area contributed by atoms with Crippen LogP contribution in [-0.2, 0) is 13.0 Å². The Hall–Kier alpha value is -1.74. The molecule has 0 aliphatic carbocycles. The van der Waals surface area contributed by atoms with Crippen LogP contribution >= 0.6 is 22.9 Å². The molecule has 1 fully saturated rings. The molecule has 0 atom stereocenters. The van der Waals surface area contributed by atoms with Gasteiger partial charge in [-0.25, -0.2) is 9.97 Å². The minimum Gasteiger partial charge on any atom is -0.351 e. The Morgan fingerprint density at radius 2 is 2.12 bits per heavy atom. The SMILES string of the molecule is CCc1nsc(N2CCN(C(=NC)NCc3cnc(C)s3)CC2)n1.